The van der Waals surface area contributed by atoms with Crippen LogP contribution in [0.5, 0.6) is 0 Å². The SMILES string of the molecule is Cl.O=C(CNC(=O)C1CC12CCNCC2)Nc1ccc(F)c(F)c1F. The summed E-state index contributed by atoms with van der Waals surface area (Å²) in [5.74, 6) is -5.44. The Bertz CT molecular complexity index is 681. The van der Waals surface area contributed by atoms with Crippen molar-refractivity contribution < 1.29 is 22.8 Å². The highest BCUT2D eigenvalue weighted by Gasteiger charge is 2.57. The Balaban J connectivity index is 0.00000225. The molecule has 0 bridgehead atoms. The number of anilines is 1. The molecule has 9 heteroatoms. The van der Waals surface area contributed by atoms with Crippen LogP contribution in [0.1, 0.15) is 19.3 Å². The van der Waals surface area contributed by atoms with Crippen molar-refractivity contribution in [2.75, 3.05) is 25.0 Å². The van der Waals surface area contributed by atoms with Crippen LogP contribution in [0, 0.1) is 28.8 Å². The van der Waals surface area contributed by atoms with Crippen LogP contribution in [-0.2, 0) is 9.59 Å². The van der Waals surface area contributed by atoms with Gasteiger partial charge in [0.05, 0.1) is 12.2 Å². The van der Waals surface area contributed by atoms with Gasteiger partial charge >= 0.3 is 0 Å². The molecule has 1 aromatic carbocycles. The lowest BCUT2D eigenvalue weighted by atomic mass is 9.92. The van der Waals surface area contributed by atoms with Gasteiger partial charge in [0.25, 0.3) is 0 Å². The molecule has 1 heterocycles. The monoisotopic (exact) mass is 377 g/mol. The molecule has 1 aromatic rings. The molecule has 3 rings (SSSR count). The second-order valence-corrected chi connectivity index (χ2v) is 6.36. The van der Waals surface area contributed by atoms with Crippen molar-refractivity contribution in [1.82, 2.24) is 10.6 Å². The normalized spacial score (nSPS) is 20.5. The number of piperidine rings is 1. The van der Waals surface area contributed by atoms with Gasteiger partial charge in [0.1, 0.15) is 0 Å². The van der Waals surface area contributed by atoms with Crippen LogP contribution in [0.15, 0.2) is 12.1 Å². The van der Waals surface area contributed by atoms with E-state index in [4.69, 9.17) is 0 Å². The second-order valence-electron chi connectivity index (χ2n) is 6.36. The van der Waals surface area contributed by atoms with E-state index in [2.05, 4.69) is 16.0 Å². The van der Waals surface area contributed by atoms with E-state index >= 15 is 0 Å². The van der Waals surface area contributed by atoms with Gasteiger partial charge in [0.2, 0.25) is 11.8 Å². The van der Waals surface area contributed by atoms with Crippen LogP contribution in [0.25, 0.3) is 0 Å². The van der Waals surface area contributed by atoms with Gasteiger partial charge in [-0.15, -0.1) is 12.4 Å². The first-order valence-corrected chi connectivity index (χ1v) is 7.85. The Kier molecular flexibility index (Phi) is 5.95. The van der Waals surface area contributed by atoms with Gasteiger partial charge in [-0.05, 0) is 49.9 Å². The third-order valence-corrected chi connectivity index (χ3v) is 4.84. The number of carbonyl (C=O) groups excluding carboxylic acids is 2. The number of amides is 2. The third-order valence-electron chi connectivity index (χ3n) is 4.84. The molecule has 2 fully saturated rings. The summed E-state index contributed by atoms with van der Waals surface area (Å²) < 4.78 is 39.4. The molecule has 1 atom stereocenters. The Morgan fingerprint density at radius 1 is 1.16 bits per heavy atom. The average molecular weight is 378 g/mol. The molecule has 1 spiro atoms. The summed E-state index contributed by atoms with van der Waals surface area (Å²) in [6.45, 7) is 1.43. The van der Waals surface area contributed by atoms with Crippen LogP contribution in [0.3, 0.4) is 0 Å². The lowest BCUT2D eigenvalue weighted by molar-refractivity contribution is -0.125. The average Bonchev–Trinajstić information content (AvgIpc) is 3.27. The summed E-state index contributed by atoms with van der Waals surface area (Å²) in [5, 5.41) is 7.88. The molecule has 0 aromatic heterocycles. The smallest absolute Gasteiger partial charge is 0.243 e. The second kappa shape index (κ2) is 7.61. The Morgan fingerprint density at radius 2 is 1.84 bits per heavy atom. The van der Waals surface area contributed by atoms with Gasteiger partial charge in [-0.2, -0.15) is 0 Å². The van der Waals surface area contributed by atoms with Crippen LogP contribution in [-0.4, -0.2) is 31.4 Å². The molecule has 1 saturated carbocycles. The Hall–Kier alpha value is -1.80. The lowest BCUT2D eigenvalue weighted by Crippen LogP contribution is -2.37. The van der Waals surface area contributed by atoms with E-state index in [0.29, 0.717) is 0 Å². The molecule has 3 N–H and O–H groups in total. The highest BCUT2D eigenvalue weighted by atomic mass is 35.5. The van der Waals surface area contributed by atoms with E-state index in [1.54, 1.807) is 0 Å². The topological polar surface area (TPSA) is 70.2 Å². The summed E-state index contributed by atoms with van der Waals surface area (Å²) in [7, 11) is 0. The van der Waals surface area contributed by atoms with Crippen molar-refractivity contribution >= 4 is 29.9 Å². The summed E-state index contributed by atoms with van der Waals surface area (Å²) in [5.41, 5.74) is -0.410. The molecule has 5 nitrogen and oxygen atoms in total. The molecule has 2 amide bonds. The van der Waals surface area contributed by atoms with E-state index < -0.39 is 29.0 Å². The number of halogens is 4. The van der Waals surface area contributed by atoms with Crippen molar-refractivity contribution in [1.29, 1.82) is 0 Å². The minimum Gasteiger partial charge on any atom is -0.347 e. The molecular weight excluding hydrogens is 359 g/mol. The third kappa shape index (κ3) is 4.07. The molecular formula is C16H19ClF3N3O2. The van der Waals surface area contributed by atoms with E-state index in [-0.39, 0.29) is 36.2 Å². The molecule has 0 radical (unpaired) electrons. The van der Waals surface area contributed by atoms with Gasteiger partial charge < -0.3 is 16.0 Å². The van der Waals surface area contributed by atoms with Crippen molar-refractivity contribution in [3.05, 3.63) is 29.6 Å². The molecule has 138 valence electrons. The van der Waals surface area contributed by atoms with Crippen molar-refractivity contribution in [2.24, 2.45) is 11.3 Å². The number of rotatable bonds is 4. The quantitative estimate of drug-likeness (QED) is 0.703. The number of hydrogen-bond donors (Lipinski definition) is 3. The van der Waals surface area contributed by atoms with Gasteiger partial charge in [-0.3, -0.25) is 9.59 Å². The molecule has 1 aliphatic carbocycles. The first kappa shape index (κ1) is 19.5. The highest BCUT2D eigenvalue weighted by Crippen LogP contribution is 2.58. The standard InChI is InChI=1S/C16H18F3N3O2.ClH/c17-10-1-2-11(14(19)13(10)18)22-12(23)8-21-15(24)9-7-16(9)3-5-20-6-4-16;/h1-2,9,20H,3-8H2,(H,21,24)(H,22,23);1H. The van der Waals surface area contributed by atoms with Gasteiger partial charge in [0, 0.05) is 5.92 Å². The fourth-order valence-electron chi connectivity index (χ4n) is 3.30. The zero-order valence-electron chi connectivity index (χ0n) is 13.3. The molecule has 2 aliphatic rings. The first-order valence-electron chi connectivity index (χ1n) is 7.85. The number of nitrogens with one attached hydrogen (secondary N) is 3. The fraction of sp³-hybridized carbons (Fsp3) is 0.500. The molecule has 1 saturated heterocycles. The van der Waals surface area contributed by atoms with Crippen LogP contribution < -0.4 is 16.0 Å². The fourth-order valence-corrected chi connectivity index (χ4v) is 3.30. The van der Waals surface area contributed by atoms with Gasteiger partial charge in [-0.25, -0.2) is 13.2 Å². The van der Waals surface area contributed by atoms with E-state index in [0.717, 1.165) is 44.5 Å². The van der Waals surface area contributed by atoms with E-state index in [1.807, 2.05) is 0 Å². The zero-order valence-corrected chi connectivity index (χ0v) is 14.1. The van der Waals surface area contributed by atoms with Gasteiger partial charge in [0.15, 0.2) is 17.5 Å². The largest absolute Gasteiger partial charge is 0.347 e. The number of benzene rings is 1. The maximum atomic E-state index is 13.5. The predicted octanol–water partition coefficient (Wildman–Crippen LogP) is 1.97. The number of hydrogen-bond acceptors (Lipinski definition) is 3. The highest BCUT2D eigenvalue weighted by molar-refractivity contribution is 5.95. The minimum atomic E-state index is -1.65. The van der Waals surface area contributed by atoms with E-state index in [1.165, 1.54) is 0 Å². The minimum absolute atomic E-state index is 0. The summed E-state index contributed by atoms with van der Waals surface area (Å²) in [6, 6.07) is 1.65. The van der Waals surface area contributed by atoms with Crippen molar-refractivity contribution in [3.63, 3.8) is 0 Å². The molecule has 1 aliphatic heterocycles. The van der Waals surface area contributed by atoms with Crippen molar-refractivity contribution in [2.45, 2.75) is 19.3 Å². The Morgan fingerprint density at radius 3 is 2.52 bits per heavy atom. The summed E-state index contributed by atoms with van der Waals surface area (Å²) >= 11 is 0. The maximum absolute atomic E-state index is 13.5. The maximum Gasteiger partial charge on any atom is 0.243 e. The zero-order chi connectivity index (χ0) is 17.3. The predicted molar refractivity (Wildman–Crippen MR) is 87.8 cm³/mol. The van der Waals surface area contributed by atoms with Crippen LogP contribution >= 0.6 is 12.4 Å². The summed E-state index contributed by atoms with van der Waals surface area (Å²) in [6.07, 6.45) is 2.70. The summed E-state index contributed by atoms with van der Waals surface area (Å²) in [4.78, 5) is 23.9. The molecule has 25 heavy (non-hydrogen) atoms. The van der Waals surface area contributed by atoms with Crippen molar-refractivity contribution in [3.8, 4) is 0 Å². The lowest BCUT2D eigenvalue weighted by Gasteiger charge is -2.23. The first-order chi connectivity index (χ1) is 11.4. The van der Waals surface area contributed by atoms with E-state index in [9.17, 15) is 22.8 Å². The number of carbonyl (C=O) groups is 2. The Labute approximate surface area is 149 Å². The van der Waals surface area contributed by atoms with Crippen LogP contribution in [0.2, 0.25) is 0 Å². The van der Waals surface area contributed by atoms with Gasteiger partial charge in [-0.1, -0.05) is 0 Å². The molecule has 1 unspecified atom stereocenters. The van der Waals surface area contributed by atoms with Crippen LogP contribution in [0.4, 0.5) is 18.9 Å².